The predicted molar refractivity (Wildman–Crippen MR) is 105 cm³/mol. The number of non-ortho nitro benzene ring substituents is 1. The summed E-state index contributed by atoms with van der Waals surface area (Å²) < 4.78 is 23.6. The van der Waals surface area contributed by atoms with Crippen molar-refractivity contribution in [2.24, 2.45) is 0 Å². The van der Waals surface area contributed by atoms with Crippen LogP contribution in [-0.2, 0) is 14.6 Å². The van der Waals surface area contributed by atoms with E-state index >= 15 is 0 Å². The average molecular weight is 408 g/mol. The maximum absolute atomic E-state index is 12.2. The normalized spacial score (nSPS) is 10.9. The number of para-hydroxylation sites is 1. The number of benzene rings is 2. The monoisotopic (exact) mass is 408 g/mol. The van der Waals surface area contributed by atoms with E-state index in [0.717, 1.165) is 6.26 Å². The van der Waals surface area contributed by atoms with Gasteiger partial charge in [0.05, 0.1) is 40.0 Å². The van der Waals surface area contributed by atoms with Crippen LogP contribution < -0.4 is 16.0 Å². The number of hydrogen-bond donors (Lipinski definition) is 4. The Morgan fingerprint density at radius 3 is 2.46 bits per heavy atom. The number of carbonyl (C=O) groups is 1. The lowest BCUT2D eigenvalue weighted by atomic mass is 10.2. The van der Waals surface area contributed by atoms with Gasteiger partial charge in [-0.15, -0.1) is 0 Å². The van der Waals surface area contributed by atoms with E-state index in [-0.39, 0.29) is 36.0 Å². The van der Waals surface area contributed by atoms with Crippen molar-refractivity contribution >= 4 is 38.5 Å². The first-order valence-electron chi connectivity index (χ1n) is 8.18. The van der Waals surface area contributed by atoms with Gasteiger partial charge in [0, 0.05) is 24.9 Å². The molecular formula is C17H20N4O6S. The Kier molecular flexibility index (Phi) is 6.90. The molecule has 2 aromatic rings. The fourth-order valence-electron chi connectivity index (χ4n) is 2.40. The van der Waals surface area contributed by atoms with Crippen LogP contribution in [0.1, 0.15) is 0 Å². The molecule has 28 heavy (non-hydrogen) atoms. The third-order valence-corrected chi connectivity index (χ3v) is 4.80. The quantitative estimate of drug-likeness (QED) is 0.360. The highest BCUT2D eigenvalue weighted by Crippen LogP contribution is 2.27. The minimum absolute atomic E-state index is 0.0102. The average Bonchev–Trinajstić information content (AvgIpc) is 2.64. The molecule has 0 saturated carbocycles. The molecule has 2 rings (SSSR count). The van der Waals surface area contributed by atoms with Crippen LogP contribution in [0.15, 0.2) is 47.4 Å². The van der Waals surface area contributed by atoms with Crippen molar-refractivity contribution in [2.45, 2.75) is 4.90 Å². The fourth-order valence-corrected chi connectivity index (χ4v) is 3.24. The molecule has 0 unspecified atom stereocenters. The minimum atomic E-state index is -3.52. The van der Waals surface area contributed by atoms with Crippen LogP contribution >= 0.6 is 0 Å². The zero-order valence-corrected chi connectivity index (χ0v) is 15.8. The number of nitro benzene ring substituents is 1. The Hall–Kier alpha value is -3.18. The van der Waals surface area contributed by atoms with E-state index in [4.69, 9.17) is 5.11 Å². The topological polar surface area (TPSA) is 151 Å². The molecule has 0 aliphatic heterocycles. The third kappa shape index (κ3) is 5.66. The summed E-state index contributed by atoms with van der Waals surface area (Å²) in [6.07, 6.45) is 1.04. The zero-order valence-electron chi connectivity index (χ0n) is 15.0. The van der Waals surface area contributed by atoms with Gasteiger partial charge in [-0.1, -0.05) is 12.1 Å². The highest BCUT2D eigenvalue weighted by molar-refractivity contribution is 7.90. The number of hydrogen-bond acceptors (Lipinski definition) is 8. The first-order valence-corrected chi connectivity index (χ1v) is 10.1. The smallest absolute Gasteiger partial charge is 0.271 e. The first kappa shape index (κ1) is 21.1. The van der Waals surface area contributed by atoms with Gasteiger partial charge in [-0.3, -0.25) is 14.9 Å². The number of carbonyl (C=O) groups excluding carboxylic acids is 1. The number of aliphatic hydroxyl groups excluding tert-OH is 1. The molecule has 0 saturated heterocycles. The Balaban J connectivity index is 2.14. The molecule has 0 radical (unpaired) electrons. The largest absolute Gasteiger partial charge is 0.395 e. The Labute approximate surface area is 161 Å². The van der Waals surface area contributed by atoms with Gasteiger partial charge in [-0.2, -0.15) is 0 Å². The number of amides is 1. The number of aliphatic hydroxyl groups is 1. The molecule has 11 heteroatoms. The highest BCUT2D eigenvalue weighted by Gasteiger charge is 2.15. The van der Waals surface area contributed by atoms with Gasteiger partial charge in [0.1, 0.15) is 0 Å². The van der Waals surface area contributed by atoms with E-state index < -0.39 is 20.7 Å². The van der Waals surface area contributed by atoms with Crippen molar-refractivity contribution < 1.29 is 23.2 Å². The highest BCUT2D eigenvalue weighted by atomic mass is 32.2. The van der Waals surface area contributed by atoms with E-state index in [1.807, 2.05) is 0 Å². The minimum Gasteiger partial charge on any atom is -0.395 e. The van der Waals surface area contributed by atoms with Crippen LogP contribution in [0.2, 0.25) is 0 Å². The maximum Gasteiger partial charge on any atom is 0.271 e. The van der Waals surface area contributed by atoms with Gasteiger partial charge in [0.15, 0.2) is 9.84 Å². The lowest BCUT2D eigenvalue weighted by Gasteiger charge is -2.14. The summed E-state index contributed by atoms with van der Waals surface area (Å²) in [5, 5.41) is 28.1. The number of nitrogens with one attached hydrogen (secondary N) is 3. The lowest BCUT2D eigenvalue weighted by molar-refractivity contribution is -0.384. The van der Waals surface area contributed by atoms with Crippen molar-refractivity contribution in [1.82, 2.24) is 0 Å². The lowest BCUT2D eigenvalue weighted by Crippen LogP contribution is -2.23. The van der Waals surface area contributed by atoms with Crippen molar-refractivity contribution in [2.75, 3.05) is 41.9 Å². The van der Waals surface area contributed by atoms with Crippen LogP contribution in [-0.4, -0.2) is 50.3 Å². The first-order chi connectivity index (χ1) is 13.2. The van der Waals surface area contributed by atoms with Gasteiger partial charge >= 0.3 is 0 Å². The molecule has 1 amide bonds. The number of anilines is 3. The number of rotatable bonds is 9. The number of nitro groups is 1. The summed E-state index contributed by atoms with van der Waals surface area (Å²) in [7, 11) is -3.52. The Morgan fingerprint density at radius 1 is 1.11 bits per heavy atom. The Morgan fingerprint density at radius 2 is 1.82 bits per heavy atom. The summed E-state index contributed by atoms with van der Waals surface area (Å²) in [6.45, 7) is -0.174. The standard InChI is InChI=1S/C17H20N4O6S/c1-28(26,27)16-5-3-2-4-14(16)20-17(23)11-19-15-10-12(21(24)25)6-7-13(15)18-8-9-22/h2-7,10,18-19,22H,8-9,11H2,1H3,(H,20,23). The molecule has 0 bridgehead atoms. The van der Waals surface area contributed by atoms with Crippen molar-refractivity contribution in [3.8, 4) is 0 Å². The van der Waals surface area contributed by atoms with E-state index in [0.29, 0.717) is 11.4 Å². The maximum atomic E-state index is 12.2. The predicted octanol–water partition coefficient (Wildman–Crippen LogP) is 1.45. The van der Waals surface area contributed by atoms with Gasteiger partial charge in [0.2, 0.25) is 5.91 Å². The van der Waals surface area contributed by atoms with Crippen LogP contribution in [0.3, 0.4) is 0 Å². The van der Waals surface area contributed by atoms with Gasteiger partial charge in [-0.25, -0.2) is 8.42 Å². The fraction of sp³-hybridized carbons (Fsp3) is 0.235. The van der Waals surface area contributed by atoms with Crippen LogP contribution in [0, 0.1) is 10.1 Å². The molecule has 10 nitrogen and oxygen atoms in total. The molecule has 0 atom stereocenters. The van der Waals surface area contributed by atoms with E-state index in [9.17, 15) is 23.3 Å². The van der Waals surface area contributed by atoms with Crippen LogP contribution in [0.4, 0.5) is 22.7 Å². The third-order valence-electron chi connectivity index (χ3n) is 3.64. The Bertz CT molecular complexity index is 977. The van der Waals surface area contributed by atoms with E-state index in [2.05, 4.69) is 16.0 Å². The summed E-state index contributed by atoms with van der Waals surface area (Å²) in [5.74, 6) is -0.532. The molecule has 0 fully saturated rings. The SMILES string of the molecule is CS(=O)(=O)c1ccccc1NC(=O)CNc1cc([N+](=O)[O-])ccc1NCCO. The zero-order chi connectivity index (χ0) is 20.7. The summed E-state index contributed by atoms with van der Waals surface area (Å²) in [5.41, 5.74) is 0.757. The summed E-state index contributed by atoms with van der Waals surface area (Å²) >= 11 is 0. The molecule has 0 aliphatic carbocycles. The molecule has 0 spiro atoms. The molecule has 0 aromatic heterocycles. The number of nitrogens with zero attached hydrogens (tertiary/aromatic N) is 1. The molecular weight excluding hydrogens is 388 g/mol. The van der Waals surface area contributed by atoms with Crippen molar-refractivity contribution in [1.29, 1.82) is 0 Å². The molecule has 150 valence electrons. The van der Waals surface area contributed by atoms with Gasteiger partial charge in [0.25, 0.3) is 5.69 Å². The molecule has 0 heterocycles. The van der Waals surface area contributed by atoms with E-state index in [1.165, 1.54) is 30.3 Å². The second-order valence-corrected chi connectivity index (χ2v) is 7.79. The molecule has 0 aliphatic rings. The van der Waals surface area contributed by atoms with Crippen molar-refractivity contribution in [3.63, 3.8) is 0 Å². The summed E-state index contributed by atoms with van der Waals surface area (Å²) in [4.78, 5) is 22.6. The second-order valence-electron chi connectivity index (χ2n) is 5.81. The van der Waals surface area contributed by atoms with Crippen LogP contribution in [0.25, 0.3) is 0 Å². The van der Waals surface area contributed by atoms with Crippen molar-refractivity contribution in [3.05, 3.63) is 52.6 Å². The second kappa shape index (κ2) is 9.15. The van der Waals surface area contributed by atoms with Crippen LogP contribution in [0.5, 0.6) is 0 Å². The molecule has 4 N–H and O–H groups in total. The van der Waals surface area contributed by atoms with Gasteiger partial charge in [-0.05, 0) is 18.2 Å². The number of sulfone groups is 1. The van der Waals surface area contributed by atoms with Gasteiger partial charge < -0.3 is 21.1 Å². The summed E-state index contributed by atoms with van der Waals surface area (Å²) in [6, 6.07) is 10.0. The molecule has 2 aromatic carbocycles. The van der Waals surface area contributed by atoms with E-state index in [1.54, 1.807) is 12.1 Å².